The third-order valence-electron chi connectivity index (χ3n) is 6.79. The van der Waals surface area contributed by atoms with E-state index in [2.05, 4.69) is 29.8 Å². The number of rotatable bonds is 1. The molecule has 2 aliphatic carbocycles. The zero-order valence-electron chi connectivity index (χ0n) is 16.7. The van der Waals surface area contributed by atoms with Crippen LogP contribution in [0.2, 0.25) is 0 Å². The lowest BCUT2D eigenvalue weighted by Crippen LogP contribution is -2.42. The summed E-state index contributed by atoms with van der Waals surface area (Å²) >= 11 is 0. The highest BCUT2D eigenvalue weighted by molar-refractivity contribution is 5.86. The van der Waals surface area contributed by atoms with E-state index in [1.807, 2.05) is 12.3 Å². The fourth-order valence-corrected chi connectivity index (χ4v) is 4.87. The highest BCUT2D eigenvalue weighted by atomic mass is 19.1. The Labute approximate surface area is 175 Å². The van der Waals surface area contributed by atoms with Gasteiger partial charge in [-0.15, -0.1) is 0 Å². The highest BCUT2D eigenvalue weighted by Gasteiger charge is 2.55. The zero-order valence-corrected chi connectivity index (χ0v) is 16.7. The lowest BCUT2D eigenvalue weighted by Gasteiger charge is -2.39. The van der Waals surface area contributed by atoms with Gasteiger partial charge in [0.2, 0.25) is 0 Å². The Morgan fingerprint density at radius 1 is 1.13 bits per heavy atom. The molecule has 5 rings (SSSR count). The van der Waals surface area contributed by atoms with Crippen LogP contribution in [-0.4, -0.2) is 22.0 Å². The van der Waals surface area contributed by atoms with E-state index in [0.717, 1.165) is 23.1 Å². The molecule has 1 aliphatic heterocycles. The maximum atomic E-state index is 13.3. The summed E-state index contributed by atoms with van der Waals surface area (Å²) in [6.07, 6.45) is 6.02. The van der Waals surface area contributed by atoms with E-state index in [0.29, 0.717) is 18.4 Å². The molecule has 1 fully saturated rings. The van der Waals surface area contributed by atoms with Gasteiger partial charge in [-0.25, -0.2) is 4.39 Å². The van der Waals surface area contributed by atoms with Gasteiger partial charge >= 0.3 is 0 Å². The second kappa shape index (κ2) is 6.68. The van der Waals surface area contributed by atoms with Crippen molar-refractivity contribution >= 4 is 6.21 Å². The van der Waals surface area contributed by atoms with Crippen molar-refractivity contribution in [2.75, 3.05) is 0 Å². The van der Waals surface area contributed by atoms with Crippen molar-refractivity contribution in [2.45, 2.75) is 37.8 Å². The Hall–Kier alpha value is -3.16. The lowest BCUT2D eigenvalue weighted by molar-refractivity contribution is 0.0156. The minimum atomic E-state index is -1.18. The minimum absolute atomic E-state index is 0.117. The summed E-state index contributed by atoms with van der Waals surface area (Å²) in [6.45, 7) is 2.06. The monoisotopic (exact) mass is 399 g/mol. The molecule has 1 saturated carbocycles. The number of para-hydroxylation sites is 1. The van der Waals surface area contributed by atoms with Gasteiger partial charge in [-0.05, 0) is 60.2 Å². The van der Waals surface area contributed by atoms with Crippen LogP contribution >= 0.6 is 0 Å². The molecule has 1 heterocycles. The van der Waals surface area contributed by atoms with E-state index in [-0.39, 0.29) is 17.6 Å². The summed E-state index contributed by atoms with van der Waals surface area (Å²) < 4.78 is 13.3. The molecule has 3 nitrogen and oxygen atoms in total. The Kier molecular flexibility index (Phi) is 4.20. The molecule has 2 N–H and O–H groups in total. The molecular formula is C26H22FNO2. The highest BCUT2D eigenvalue weighted by Crippen LogP contribution is 2.57. The number of phenols is 1. The zero-order chi connectivity index (χ0) is 20.9. The Balaban J connectivity index is 1.48. The smallest absolute Gasteiger partial charge is 0.135 e. The van der Waals surface area contributed by atoms with Gasteiger partial charge in [-0.3, -0.25) is 4.99 Å². The van der Waals surface area contributed by atoms with Gasteiger partial charge in [-0.2, -0.15) is 0 Å². The normalized spacial score (nSPS) is 29.2. The van der Waals surface area contributed by atoms with E-state index in [4.69, 9.17) is 0 Å². The van der Waals surface area contributed by atoms with Crippen molar-refractivity contribution in [3.05, 3.63) is 88.3 Å². The Morgan fingerprint density at radius 3 is 2.67 bits per heavy atom. The van der Waals surface area contributed by atoms with Crippen molar-refractivity contribution in [3.63, 3.8) is 0 Å². The molecule has 0 spiro atoms. The van der Waals surface area contributed by atoms with Crippen LogP contribution in [0.5, 0.6) is 5.75 Å². The largest absolute Gasteiger partial charge is 0.507 e. The minimum Gasteiger partial charge on any atom is -0.507 e. The molecule has 3 aliphatic rings. The lowest BCUT2D eigenvalue weighted by atomic mass is 9.66. The average molecular weight is 399 g/mol. The van der Waals surface area contributed by atoms with Gasteiger partial charge in [0.25, 0.3) is 0 Å². The first-order chi connectivity index (χ1) is 14.4. The summed E-state index contributed by atoms with van der Waals surface area (Å²) in [7, 11) is 0. The second-order valence-corrected chi connectivity index (χ2v) is 8.52. The maximum absolute atomic E-state index is 13.3. The van der Waals surface area contributed by atoms with Gasteiger partial charge in [0.1, 0.15) is 23.2 Å². The van der Waals surface area contributed by atoms with E-state index in [1.165, 1.54) is 17.7 Å². The predicted molar refractivity (Wildman–Crippen MR) is 115 cm³/mol. The number of aromatic hydroxyl groups is 1. The quantitative estimate of drug-likeness (QED) is 0.673. The van der Waals surface area contributed by atoms with Crippen LogP contribution in [-0.2, 0) is 0 Å². The van der Waals surface area contributed by atoms with Crippen LogP contribution in [0.25, 0.3) is 0 Å². The summed E-state index contributed by atoms with van der Waals surface area (Å²) in [5.74, 6) is 5.93. The number of fused-ring (bicyclic) bond motifs is 1. The van der Waals surface area contributed by atoms with Crippen molar-refractivity contribution in [3.8, 4) is 17.6 Å². The van der Waals surface area contributed by atoms with Crippen LogP contribution in [0, 0.1) is 23.1 Å². The van der Waals surface area contributed by atoms with Crippen LogP contribution in [0.15, 0.2) is 76.3 Å². The van der Waals surface area contributed by atoms with Crippen molar-refractivity contribution in [2.24, 2.45) is 10.4 Å². The fourth-order valence-electron chi connectivity index (χ4n) is 4.87. The summed E-state index contributed by atoms with van der Waals surface area (Å²) in [5.41, 5.74) is 3.20. The number of hydrogen-bond acceptors (Lipinski definition) is 3. The third kappa shape index (κ3) is 2.81. The first-order valence-electron chi connectivity index (χ1n) is 10.2. The number of phenolic OH excluding ortho intramolecular Hbond substituents is 1. The van der Waals surface area contributed by atoms with Gasteiger partial charge in [0.15, 0.2) is 0 Å². The maximum Gasteiger partial charge on any atom is 0.135 e. The van der Waals surface area contributed by atoms with Crippen LogP contribution in [0.4, 0.5) is 4.39 Å². The molecule has 2 aromatic rings. The van der Waals surface area contributed by atoms with E-state index in [9.17, 15) is 14.6 Å². The van der Waals surface area contributed by atoms with Crippen molar-refractivity contribution < 1.29 is 14.6 Å². The van der Waals surface area contributed by atoms with Crippen LogP contribution in [0.1, 0.15) is 43.4 Å². The van der Waals surface area contributed by atoms with Gasteiger partial charge < -0.3 is 10.2 Å². The Morgan fingerprint density at radius 2 is 1.90 bits per heavy atom. The first kappa shape index (κ1) is 18.8. The number of aliphatic hydroxyl groups is 1. The number of benzene rings is 2. The van der Waals surface area contributed by atoms with E-state index < -0.39 is 11.0 Å². The SMILES string of the molecule is CC12CC3=C(C=C1CC[C@@]2(O)C#Cc1ccccc1O)C(c1ccc(F)cc1)N=C3. The predicted octanol–water partition coefficient (Wildman–Crippen LogP) is 4.87. The molecule has 0 radical (unpaired) electrons. The third-order valence-corrected chi connectivity index (χ3v) is 6.79. The molecule has 0 amide bonds. The van der Waals surface area contributed by atoms with E-state index in [1.54, 1.807) is 30.3 Å². The van der Waals surface area contributed by atoms with Crippen LogP contribution in [0.3, 0.4) is 0 Å². The number of aliphatic imine (C=N–C) groups is 1. The molecule has 0 aromatic heterocycles. The fraction of sp³-hybridized carbons (Fsp3) is 0.269. The summed E-state index contributed by atoms with van der Waals surface area (Å²) in [6, 6.07) is 13.3. The first-order valence-corrected chi connectivity index (χ1v) is 10.2. The van der Waals surface area contributed by atoms with Crippen LogP contribution < -0.4 is 0 Å². The second-order valence-electron chi connectivity index (χ2n) is 8.52. The molecule has 0 saturated heterocycles. The van der Waals surface area contributed by atoms with Gasteiger partial charge in [0, 0.05) is 11.6 Å². The van der Waals surface area contributed by atoms with Gasteiger partial charge in [0.05, 0.1) is 5.56 Å². The molecule has 0 bridgehead atoms. The van der Waals surface area contributed by atoms with Crippen molar-refractivity contribution in [1.82, 2.24) is 0 Å². The molecule has 150 valence electrons. The standard InChI is InChI=1S/C26H22FNO2/c1-25-15-19-16-28-24(18-6-8-21(27)9-7-18)22(19)14-20(25)11-13-26(25,30)12-10-17-4-2-3-5-23(17)29/h2-9,14,16,24,29-30H,11,13,15H2,1H3/t24?,25?,26-/m0/s1. The number of allylic oxidation sites excluding steroid dienone is 1. The summed E-state index contributed by atoms with van der Waals surface area (Å²) in [5, 5.41) is 21.5. The van der Waals surface area contributed by atoms with Gasteiger partial charge in [-0.1, -0.05) is 54.7 Å². The number of halogens is 1. The number of nitrogens with zero attached hydrogens (tertiary/aromatic N) is 1. The number of hydrogen-bond donors (Lipinski definition) is 2. The molecular weight excluding hydrogens is 377 g/mol. The molecule has 3 atom stereocenters. The van der Waals surface area contributed by atoms with E-state index >= 15 is 0 Å². The molecule has 2 aromatic carbocycles. The Bertz CT molecular complexity index is 1180. The molecule has 4 heteroatoms. The average Bonchev–Trinajstić information content (AvgIpc) is 3.24. The summed E-state index contributed by atoms with van der Waals surface area (Å²) in [4.78, 5) is 4.67. The topological polar surface area (TPSA) is 52.8 Å². The molecule has 30 heavy (non-hydrogen) atoms. The van der Waals surface area contributed by atoms with Crippen molar-refractivity contribution in [1.29, 1.82) is 0 Å². The molecule has 2 unspecified atom stereocenters.